The van der Waals surface area contributed by atoms with Crippen molar-refractivity contribution >= 4 is 22.3 Å². The quantitative estimate of drug-likeness (QED) is 0.386. The lowest BCUT2D eigenvalue weighted by atomic mass is 10.0. The van der Waals surface area contributed by atoms with E-state index in [9.17, 15) is 18.0 Å². The molecule has 3 amide bonds. The number of hydrogen-bond acceptors (Lipinski definition) is 7. The zero-order valence-electron chi connectivity index (χ0n) is 11.8. The van der Waals surface area contributed by atoms with E-state index < -0.39 is 34.4 Å². The molecule has 2 heterocycles. The Labute approximate surface area is 127 Å². The fraction of sp³-hybridized carbons (Fsp3) is 0.800. The Morgan fingerprint density at radius 2 is 2.23 bits per heavy atom. The van der Waals surface area contributed by atoms with Gasteiger partial charge in [-0.25, -0.2) is 10.3 Å². The number of amides is 3. The second-order valence-electron chi connectivity index (χ2n) is 5.26. The number of nitrogens with zero attached hydrogens (tertiary/aromatic N) is 2. The number of carbonyl (C=O) groups excluding carboxylic acids is 2. The summed E-state index contributed by atoms with van der Waals surface area (Å²) in [6.45, 7) is 1.94. The van der Waals surface area contributed by atoms with Crippen LogP contribution in [0.5, 0.6) is 0 Å². The summed E-state index contributed by atoms with van der Waals surface area (Å²) >= 11 is 0. The molecule has 0 saturated carbocycles. The van der Waals surface area contributed by atoms with Crippen LogP contribution in [-0.4, -0.2) is 66.1 Å². The zero-order valence-corrected chi connectivity index (χ0v) is 12.7. The Hall–Kier alpha value is -1.47. The molecule has 12 heteroatoms. The molecular formula is C10H18N4O7S. The van der Waals surface area contributed by atoms with E-state index in [-0.39, 0.29) is 19.2 Å². The van der Waals surface area contributed by atoms with E-state index in [4.69, 9.17) is 15.1 Å². The van der Waals surface area contributed by atoms with E-state index in [1.165, 1.54) is 4.90 Å². The molecule has 11 nitrogen and oxygen atoms in total. The summed E-state index contributed by atoms with van der Waals surface area (Å²) in [6.07, 6.45) is 0.665. The summed E-state index contributed by atoms with van der Waals surface area (Å²) in [4.78, 5) is 30.2. The van der Waals surface area contributed by atoms with E-state index in [1.807, 2.05) is 0 Å². The number of fused-ring (bicyclic) bond motifs is 2. The summed E-state index contributed by atoms with van der Waals surface area (Å²) in [5.74, 6) is -0.527. The first-order valence-electron chi connectivity index (χ1n) is 6.63. The highest BCUT2D eigenvalue weighted by Gasteiger charge is 2.49. The Morgan fingerprint density at radius 3 is 2.82 bits per heavy atom. The highest BCUT2D eigenvalue weighted by molar-refractivity contribution is 7.80. The molecule has 0 aromatic carbocycles. The van der Waals surface area contributed by atoms with Gasteiger partial charge in [0.1, 0.15) is 6.04 Å². The molecule has 0 aromatic heterocycles. The topological polar surface area (TPSA) is 151 Å². The number of hydroxylamine groups is 3. The van der Waals surface area contributed by atoms with Gasteiger partial charge in [0.2, 0.25) is 0 Å². The lowest BCUT2D eigenvalue weighted by Crippen LogP contribution is -2.50. The standard InChI is InChI=1S/C10H18N4O7S/c1-6(11)5-20-12-9(15)8-3-2-7-4-13(8)10(16)14(7)21-22(17,18)19/h6-8H,2-5,11H2,1H3,(H,12,15)(H,17,18,19)/t6-,7?,8-/m0/s1. The van der Waals surface area contributed by atoms with Crippen LogP contribution in [-0.2, 0) is 24.3 Å². The van der Waals surface area contributed by atoms with Gasteiger partial charge in [-0.05, 0) is 19.8 Å². The number of nitrogens with one attached hydrogen (secondary N) is 1. The highest BCUT2D eigenvalue weighted by Crippen LogP contribution is 2.30. The molecule has 0 radical (unpaired) electrons. The first kappa shape index (κ1) is 16.9. The maximum Gasteiger partial charge on any atom is 0.418 e. The molecule has 0 spiro atoms. The van der Waals surface area contributed by atoms with Crippen molar-refractivity contribution in [3.8, 4) is 0 Å². The summed E-state index contributed by atoms with van der Waals surface area (Å²) in [7, 11) is -4.80. The van der Waals surface area contributed by atoms with Crippen LogP contribution in [0, 0.1) is 0 Å². The van der Waals surface area contributed by atoms with Crippen LogP contribution in [0.1, 0.15) is 19.8 Å². The first-order valence-corrected chi connectivity index (χ1v) is 7.99. The Bertz CT molecular complexity index is 551. The van der Waals surface area contributed by atoms with Gasteiger partial charge >= 0.3 is 16.4 Å². The predicted molar refractivity (Wildman–Crippen MR) is 71.1 cm³/mol. The van der Waals surface area contributed by atoms with E-state index in [0.29, 0.717) is 17.9 Å². The summed E-state index contributed by atoms with van der Waals surface area (Å²) in [5.41, 5.74) is 7.68. The number of urea groups is 1. The van der Waals surface area contributed by atoms with Crippen LogP contribution >= 0.6 is 0 Å². The third-order valence-electron chi connectivity index (χ3n) is 3.32. The van der Waals surface area contributed by atoms with Crippen LogP contribution in [0.3, 0.4) is 0 Å². The zero-order chi connectivity index (χ0) is 16.5. The average molecular weight is 338 g/mol. The van der Waals surface area contributed by atoms with Gasteiger partial charge in [0, 0.05) is 12.6 Å². The molecule has 2 rings (SSSR count). The first-order chi connectivity index (χ1) is 10.2. The molecular weight excluding hydrogens is 320 g/mol. The van der Waals surface area contributed by atoms with E-state index in [0.717, 1.165) is 0 Å². The normalized spacial score (nSPS) is 26.2. The number of carbonyl (C=O) groups is 2. The van der Waals surface area contributed by atoms with Crippen molar-refractivity contribution in [1.29, 1.82) is 0 Å². The molecule has 1 unspecified atom stereocenters. The van der Waals surface area contributed by atoms with Crippen LogP contribution in [0.2, 0.25) is 0 Å². The van der Waals surface area contributed by atoms with Gasteiger partial charge in [0.15, 0.2) is 0 Å². The van der Waals surface area contributed by atoms with E-state index in [1.54, 1.807) is 6.92 Å². The second kappa shape index (κ2) is 6.34. The predicted octanol–water partition coefficient (Wildman–Crippen LogP) is -1.62. The summed E-state index contributed by atoms with van der Waals surface area (Å²) < 4.78 is 34.4. The molecule has 126 valence electrons. The smallest absolute Gasteiger partial charge is 0.326 e. The molecule has 2 bridgehead atoms. The van der Waals surface area contributed by atoms with Gasteiger partial charge in [0.25, 0.3) is 5.91 Å². The van der Waals surface area contributed by atoms with Crippen molar-refractivity contribution in [3.63, 3.8) is 0 Å². The van der Waals surface area contributed by atoms with Crippen molar-refractivity contribution in [2.45, 2.75) is 37.9 Å². The minimum Gasteiger partial charge on any atom is -0.326 e. The SMILES string of the molecule is C[C@H](N)CONC(=O)[C@@H]1CCC2CN1C(=O)N2OS(=O)(=O)O. The van der Waals surface area contributed by atoms with Crippen molar-refractivity contribution in [2.24, 2.45) is 5.73 Å². The largest absolute Gasteiger partial charge is 0.418 e. The maximum atomic E-state index is 12.1. The lowest BCUT2D eigenvalue weighted by Gasteiger charge is -2.28. The molecule has 2 fully saturated rings. The molecule has 22 heavy (non-hydrogen) atoms. The third kappa shape index (κ3) is 3.84. The molecule has 2 aliphatic heterocycles. The van der Waals surface area contributed by atoms with Crippen molar-refractivity contribution in [1.82, 2.24) is 15.4 Å². The van der Waals surface area contributed by atoms with Gasteiger partial charge in [-0.3, -0.25) is 14.2 Å². The molecule has 2 aliphatic rings. The summed E-state index contributed by atoms with van der Waals surface area (Å²) in [6, 6.07) is -2.40. The van der Waals surface area contributed by atoms with Crippen molar-refractivity contribution in [2.75, 3.05) is 13.2 Å². The maximum absolute atomic E-state index is 12.1. The Balaban J connectivity index is 1.98. The third-order valence-corrected chi connectivity index (χ3v) is 3.67. The van der Waals surface area contributed by atoms with E-state index in [2.05, 4.69) is 9.76 Å². The van der Waals surface area contributed by atoms with Crippen molar-refractivity contribution in [3.05, 3.63) is 0 Å². The van der Waals surface area contributed by atoms with Crippen LogP contribution in [0.25, 0.3) is 0 Å². The summed E-state index contributed by atoms with van der Waals surface area (Å²) in [5, 5.41) is 0.575. The van der Waals surface area contributed by atoms with E-state index >= 15 is 0 Å². The van der Waals surface area contributed by atoms with Crippen LogP contribution < -0.4 is 11.2 Å². The Kier molecular flexibility index (Phi) is 4.87. The minimum atomic E-state index is -4.80. The van der Waals surface area contributed by atoms with Gasteiger partial charge in [-0.2, -0.15) is 13.5 Å². The van der Waals surface area contributed by atoms with Gasteiger partial charge in [-0.15, -0.1) is 4.28 Å². The molecule has 0 aliphatic carbocycles. The number of hydrogen-bond donors (Lipinski definition) is 3. The minimum absolute atomic E-state index is 0.118. The molecule has 2 saturated heterocycles. The number of piperidine rings is 1. The van der Waals surface area contributed by atoms with Crippen molar-refractivity contribution < 1.29 is 31.7 Å². The number of nitrogens with two attached hydrogens (primary N) is 1. The second-order valence-corrected chi connectivity index (χ2v) is 6.27. The van der Waals surface area contributed by atoms with Gasteiger partial charge < -0.3 is 10.6 Å². The monoisotopic (exact) mass is 338 g/mol. The van der Waals surface area contributed by atoms with Gasteiger partial charge in [0.05, 0.1) is 12.6 Å². The fourth-order valence-electron chi connectivity index (χ4n) is 2.42. The Morgan fingerprint density at radius 1 is 1.55 bits per heavy atom. The number of rotatable bonds is 6. The van der Waals surface area contributed by atoms with Crippen LogP contribution in [0.15, 0.2) is 0 Å². The molecule has 3 atom stereocenters. The average Bonchev–Trinajstić information content (AvgIpc) is 2.62. The van der Waals surface area contributed by atoms with Crippen LogP contribution in [0.4, 0.5) is 4.79 Å². The lowest BCUT2D eigenvalue weighted by molar-refractivity contribution is -0.139. The molecule has 4 N–H and O–H groups in total. The molecule has 0 aromatic rings. The van der Waals surface area contributed by atoms with Gasteiger partial charge in [-0.1, -0.05) is 0 Å². The fourth-order valence-corrected chi connectivity index (χ4v) is 2.80. The highest BCUT2D eigenvalue weighted by atomic mass is 32.3.